The Morgan fingerprint density at radius 2 is 1.69 bits per heavy atom. The molecule has 0 aromatic heterocycles. The minimum atomic E-state index is -0.312. The highest BCUT2D eigenvalue weighted by molar-refractivity contribution is 8.00. The summed E-state index contributed by atoms with van der Waals surface area (Å²) in [6.45, 7) is 2.37. The smallest absolute Gasteiger partial charge is 0.271 e. The SMILES string of the molecule is COc1ccc(/C(C)=N\NC(=O)c2ccc([C@@H]3SCC(=O)N3Cc3ccccc3)cc2)cc1OC. The van der Waals surface area contributed by atoms with E-state index >= 15 is 0 Å². The number of benzene rings is 3. The van der Waals surface area contributed by atoms with Crippen LogP contribution in [-0.4, -0.2) is 42.4 Å². The molecular weight excluding hydrogens is 462 g/mol. The van der Waals surface area contributed by atoms with E-state index < -0.39 is 0 Å². The van der Waals surface area contributed by atoms with Crippen LogP contribution < -0.4 is 14.9 Å². The van der Waals surface area contributed by atoms with Gasteiger partial charge in [0, 0.05) is 17.7 Å². The number of amides is 2. The molecule has 1 aliphatic rings. The first kappa shape index (κ1) is 24.3. The van der Waals surface area contributed by atoms with Gasteiger partial charge in [-0.3, -0.25) is 9.59 Å². The molecule has 0 radical (unpaired) electrons. The molecule has 4 rings (SSSR count). The Morgan fingerprint density at radius 3 is 2.37 bits per heavy atom. The number of thioether (sulfide) groups is 1. The summed E-state index contributed by atoms with van der Waals surface area (Å²) in [4.78, 5) is 27.0. The van der Waals surface area contributed by atoms with Crippen LogP contribution in [0.1, 0.15) is 39.3 Å². The molecule has 1 heterocycles. The minimum absolute atomic E-state index is 0.0786. The molecule has 1 N–H and O–H groups in total. The zero-order valence-electron chi connectivity index (χ0n) is 19.9. The molecule has 1 fully saturated rings. The van der Waals surface area contributed by atoms with Crippen LogP contribution in [0.2, 0.25) is 0 Å². The third-order valence-corrected chi connectivity index (χ3v) is 7.00. The Balaban J connectivity index is 1.43. The van der Waals surface area contributed by atoms with Gasteiger partial charge in [0.15, 0.2) is 11.5 Å². The Hall–Kier alpha value is -3.78. The van der Waals surface area contributed by atoms with Crippen LogP contribution in [0.4, 0.5) is 0 Å². The molecule has 180 valence electrons. The number of ether oxygens (including phenoxy) is 2. The molecule has 0 unspecified atom stereocenters. The number of carbonyl (C=O) groups excluding carboxylic acids is 2. The number of carbonyl (C=O) groups is 2. The Kier molecular flexibility index (Phi) is 7.72. The monoisotopic (exact) mass is 489 g/mol. The number of rotatable bonds is 8. The van der Waals surface area contributed by atoms with Crippen LogP contribution in [-0.2, 0) is 11.3 Å². The molecule has 0 saturated carbocycles. The van der Waals surface area contributed by atoms with E-state index in [9.17, 15) is 9.59 Å². The van der Waals surface area contributed by atoms with E-state index in [0.29, 0.717) is 35.1 Å². The maximum absolute atomic E-state index is 12.7. The highest BCUT2D eigenvalue weighted by Crippen LogP contribution is 2.39. The summed E-state index contributed by atoms with van der Waals surface area (Å²) >= 11 is 1.60. The van der Waals surface area contributed by atoms with Gasteiger partial charge in [-0.05, 0) is 48.4 Å². The maximum atomic E-state index is 12.7. The molecule has 35 heavy (non-hydrogen) atoms. The number of methoxy groups -OCH3 is 2. The molecule has 1 saturated heterocycles. The first-order valence-electron chi connectivity index (χ1n) is 11.1. The molecular formula is C27H27N3O4S. The highest BCUT2D eigenvalue weighted by atomic mass is 32.2. The van der Waals surface area contributed by atoms with Crippen molar-refractivity contribution in [1.29, 1.82) is 0 Å². The van der Waals surface area contributed by atoms with Gasteiger partial charge in [-0.15, -0.1) is 11.8 Å². The second-order valence-electron chi connectivity index (χ2n) is 8.00. The fourth-order valence-electron chi connectivity index (χ4n) is 3.81. The van der Waals surface area contributed by atoms with Crippen LogP contribution >= 0.6 is 11.8 Å². The van der Waals surface area contributed by atoms with Crippen LogP contribution in [0.15, 0.2) is 77.9 Å². The van der Waals surface area contributed by atoms with Gasteiger partial charge in [-0.25, -0.2) is 5.43 Å². The summed E-state index contributed by atoms with van der Waals surface area (Å²) in [5.74, 6) is 1.46. The second-order valence-corrected chi connectivity index (χ2v) is 9.07. The lowest BCUT2D eigenvalue weighted by atomic mass is 10.1. The van der Waals surface area contributed by atoms with E-state index in [1.165, 1.54) is 0 Å². The van der Waals surface area contributed by atoms with Gasteiger partial charge in [0.05, 0.1) is 25.7 Å². The second kappa shape index (κ2) is 11.1. The number of nitrogens with zero attached hydrogens (tertiary/aromatic N) is 2. The van der Waals surface area contributed by atoms with Crippen molar-refractivity contribution in [2.45, 2.75) is 18.8 Å². The zero-order valence-corrected chi connectivity index (χ0v) is 20.7. The first-order chi connectivity index (χ1) is 17.0. The predicted octanol–water partition coefficient (Wildman–Crippen LogP) is 4.63. The fourth-order valence-corrected chi connectivity index (χ4v) is 4.99. The minimum Gasteiger partial charge on any atom is -0.493 e. The number of hydrogen-bond donors (Lipinski definition) is 1. The van der Waals surface area contributed by atoms with E-state index in [0.717, 1.165) is 16.7 Å². The largest absolute Gasteiger partial charge is 0.493 e. The van der Waals surface area contributed by atoms with Crippen molar-refractivity contribution in [3.8, 4) is 11.5 Å². The van der Waals surface area contributed by atoms with Gasteiger partial charge in [-0.1, -0.05) is 42.5 Å². The van der Waals surface area contributed by atoms with Crippen LogP contribution in [0.3, 0.4) is 0 Å². The lowest BCUT2D eigenvalue weighted by molar-refractivity contribution is -0.128. The molecule has 2 amide bonds. The highest BCUT2D eigenvalue weighted by Gasteiger charge is 2.32. The summed E-state index contributed by atoms with van der Waals surface area (Å²) in [6.07, 6.45) is 0. The first-order valence-corrected chi connectivity index (χ1v) is 12.2. The van der Waals surface area contributed by atoms with Gasteiger partial charge in [-0.2, -0.15) is 5.10 Å². The van der Waals surface area contributed by atoms with E-state index in [4.69, 9.17) is 9.47 Å². The average molecular weight is 490 g/mol. The van der Waals surface area contributed by atoms with Crippen molar-refractivity contribution in [2.24, 2.45) is 5.10 Å². The molecule has 0 spiro atoms. The molecule has 1 aliphatic heterocycles. The summed E-state index contributed by atoms with van der Waals surface area (Å²) < 4.78 is 10.6. The van der Waals surface area contributed by atoms with Gasteiger partial charge in [0.25, 0.3) is 5.91 Å². The maximum Gasteiger partial charge on any atom is 0.271 e. The lowest BCUT2D eigenvalue weighted by Gasteiger charge is -2.24. The van der Waals surface area contributed by atoms with Crippen LogP contribution in [0, 0.1) is 0 Å². The predicted molar refractivity (Wildman–Crippen MR) is 138 cm³/mol. The van der Waals surface area contributed by atoms with E-state index in [2.05, 4.69) is 10.5 Å². The zero-order chi connectivity index (χ0) is 24.8. The van der Waals surface area contributed by atoms with Crippen molar-refractivity contribution in [3.63, 3.8) is 0 Å². The lowest BCUT2D eigenvalue weighted by Crippen LogP contribution is -2.27. The number of nitrogens with one attached hydrogen (secondary N) is 1. The summed E-state index contributed by atoms with van der Waals surface area (Å²) in [5, 5.41) is 4.16. The molecule has 3 aromatic rings. The summed E-state index contributed by atoms with van der Waals surface area (Å²) in [7, 11) is 3.15. The van der Waals surface area contributed by atoms with Crippen molar-refractivity contribution in [2.75, 3.05) is 20.0 Å². The third kappa shape index (κ3) is 5.66. The summed E-state index contributed by atoms with van der Waals surface area (Å²) in [6, 6.07) is 22.7. The number of hydrazone groups is 1. The molecule has 7 nitrogen and oxygen atoms in total. The van der Waals surface area contributed by atoms with Gasteiger partial charge >= 0.3 is 0 Å². The van der Waals surface area contributed by atoms with Crippen molar-refractivity contribution in [1.82, 2.24) is 10.3 Å². The van der Waals surface area contributed by atoms with Crippen molar-refractivity contribution in [3.05, 3.63) is 95.1 Å². The quantitative estimate of drug-likeness (QED) is 0.369. The van der Waals surface area contributed by atoms with Crippen LogP contribution in [0.5, 0.6) is 11.5 Å². The molecule has 0 bridgehead atoms. The fraction of sp³-hybridized carbons (Fsp3) is 0.222. The van der Waals surface area contributed by atoms with E-state index in [1.54, 1.807) is 57.2 Å². The molecule has 3 aromatic carbocycles. The van der Waals surface area contributed by atoms with E-state index in [1.807, 2.05) is 53.4 Å². The Bertz CT molecular complexity index is 1230. The van der Waals surface area contributed by atoms with Gasteiger partial charge in [0.2, 0.25) is 5.91 Å². The Morgan fingerprint density at radius 1 is 1.00 bits per heavy atom. The normalized spacial score (nSPS) is 15.7. The topological polar surface area (TPSA) is 80.2 Å². The number of hydrogen-bond acceptors (Lipinski definition) is 6. The molecule has 8 heteroatoms. The standard InChI is InChI=1S/C27H27N3O4S/c1-18(22-13-14-23(33-2)24(15-22)34-3)28-29-26(32)20-9-11-21(12-10-20)27-30(25(31)17-35-27)16-19-7-5-4-6-8-19/h4-15,27H,16-17H2,1-3H3,(H,29,32)/b28-18-/t27-/m0/s1. The summed E-state index contributed by atoms with van der Waals surface area (Å²) in [5.41, 5.74) is 6.61. The third-order valence-electron chi connectivity index (χ3n) is 5.75. The van der Waals surface area contributed by atoms with Crippen molar-refractivity contribution < 1.29 is 19.1 Å². The van der Waals surface area contributed by atoms with Gasteiger partial charge < -0.3 is 14.4 Å². The van der Waals surface area contributed by atoms with Crippen molar-refractivity contribution >= 4 is 29.3 Å². The van der Waals surface area contributed by atoms with E-state index in [-0.39, 0.29) is 17.2 Å². The average Bonchev–Trinajstić information content (AvgIpc) is 3.26. The molecule has 1 atom stereocenters. The molecule has 0 aliphatic carbocycles. The van der Waals surface area contributed by atoms with Crippen LogP contribution in [0.25, 0.3) is 0 Å². The Labute approximate surface area is 209 Å². The van der Waals surface area contributed by atoms with Gasteiger partial charge in [0.1, 0.15) is 5.37 Å².